The molecule has 0 unspecified atom stereocenters. The maximum Gasteiger partial charge on any atom is 0.345 e. The number of aliphatic hydroxyl groups excluding tert-OH is 1. The lowest BCUT2D eigenvalue weighted by Crippen LogP contribution is -2.27. The maximum atomic E-state index is 10.5. The van der Waals surface area contributed by atoms with Gasteiger partial charge in [-0.1, -0.05) is 6.92 Å². The molecule has 0 aliphatic rings. The van der Waals surface area contributed by atoms with Crippen molar-refractivity contribution in [1.82, 2.24) is 4.98 Å². The number of aromatic nitrogens is 1. The molecule has 0 aromatic carbocycles. The molecule has 0 radical (unpaired) electrons. The number of hydrogen-bond donors (Lipinski definition) is 1. The van der Waals surface area contributed by atoms with Crippen molar-refractivity contribution in [2.45, 2.75) is 13.3 Å². The van der Waals surface area contributed by atoms with Gasteiger partial charge in [-0.2, -0.15) is 0 Å². The van der Waals surface area contributed by atoms with Gasteiger partial charge in [0.25, 0.3) is 0 Å². The summed E-state index contributed by atoms with van der Waals surface area (Å²) in [6, 6.07) is 0. The van der Waals surface area contributed by atoms with Crippen LogP contribution < -0.4 is 4.90 Å². The van der Waals surface area contributed by atoms with Crippen molar-refractivity contribution in [3.63, 3.8) is 0 Å². The van der Waals surface area contributed by atoms with Crippen molar-refractivity contribution >= 4 is 21.5 Å². The molecule has 1 heterocycles. The fraction of sp³-hybridized carbons (Fsp3) is 0.625. The summed E-state index contributed by atoms with van der Waals surface area (Å²) < 4.78 is 0. The number of aliphatic hydroxyl groups is 1. The SMILES string of the molecule is CCCN(CCO)c1ncc([N+](=O)[O-])s1. The largest absolute Gasteiger partial charge is 0.395 e. The molecule has 1 aromatic heterocycles. The highest BCUT2D eigenvalue weighted by Crippen LogP contribution is 2.28. The van der Waals surface area contributed by atoms with Crippen molar-refractivity contribution in [3.8, 4) is 0 Å². The normalized spacial score (nSPS) is 10.3. The van der Waals surface area contributed by atoms with E-state index in [1.165, 1.54) is 6.20 Å². The third-order valence-electron chi connectivity index (χ3n) is 1.80. The predicted octanol–water partition coefficient (Wildman–Crippen LogP) is 1.26. The summed E-state index contributed by atoms with van der Waals surface area (Å²) in [5.41, 5.74) is 0. The molecule has 0 amide bonds. The lowest BCUT2D eigenvalue weighted by molar-refractivity contribution is -0.380. The van der Waals surface area contributed by atoms with Crippen LogP contribution in [0.3, 0.4) is 0 Å². The molecule has 0 atom stereocenters. The van der Waals surface area contributed by atoms with Gasteiger partial charge in [-0.3, -0.25) is 10.1 Å². The van der Waals surface area contributed by atoms with E-state index < -0.39 is 4.92 Å². The van der Waals surface area contributed by atoms with Gasteiger partial charge in [-0.15, -0.1) is 0 Å². The number of nitrogens with zero attached hydrogens (tertiary/aromatic N) is 3. The highest BCUT2D eigenvalue weighted by Gasteiger charge is 2.15. The third-order valence-corrected chi connectivity index (χ3v) is 2.80. The Morgan fingerprint density at radius 1 is 1.67 bits per heavy atom. The minimum absolute atomic E-state index is 0.0212. The maximum absolute atomic E-state index is 10.5. The summed E-state index contributed by atoms with van der Waals surface area (Å²) in [5.74, 6) is 0. The van der Waals surface area contributed by atoms with Gasteiger partial charge in [0, 0.05) is 13.1 Å². The van der Waals surface area contributed by atoms with Gasteiger partial charge in [0.05, 0.1) is 11.5 Å². The Hall–Kier alpha value is -1.21. The van der Waals surface area contributed by atoms with E-state index in [4.69, 9.17) is 5.11 Å². The number of anilines is 1. The van der Waals surface area contributed by atoms with E-state index in [9.17, 15) is 10.1 Å². The number of hydrogen-bond acceptors (Lipinski definition) is 6. The van der Waals surface area contributed by atoms with Gasteiger partial charge in [-0.25, -0.2) is 4.98 Å². The Kier molecular flexibility index (Phi) is 4.44. The van der Waals surface area contributed by atoms with Crippen LogP contribution in [-0.2, 0) is 0 Å². The number of thiazole rings is 1. The van der Waals surface area contributed by atoms with E-state index in [0.717, 1.165) is 24.3 Å². The van der Waals surface area contributed by atoms with E-state index in [0.29, 0.717) is 11.7 Å². The minimum Gasteiger partial charge on any atom is -0.395 e. The average molecular weight is 231 g/mol. The molecule has 0 saturated heterocycles. The average Bonchev–Trinajstić information content (AvgIpc) is 2.66. The van der Waals surface area contributed by atoms with E-state index in [1.807, 2.05) is 11.8 Å². The van der Waals surface area contributed by atoms with Crippen LogP contribution >= 0.6 is 11.3 Å². The first-order valence-electron chi connectivity index (χ1n) is 4.65. The predicted molar refractivity (Wildman–Crippen MR) is 58.4 cm³/mol. The van der Waals surface area contributed by atoms with Gasteiger partial charge in [0.1, 0.15) is 6.20 Å². The Bertz CT molecular complexity index is 323. The first kappa shape index (κ1) is 11.9. The van der Waals surface area contributed by atoms with Crippen LogP contribution in [0.5, 0.6) is 0 Å². The quantitative estimate of drug-likeness (QED) is 0.589. The van der Waals surface area contributed by atoms with Gasteiger partial charge in [0.15, 0.2) is 5.13 Å². The molecule has 15 heavy (non-hydrogen) atoms. The van der Waals surface area contributed by atoms with Crippen LogP contribution in [-0.4, -0.2) is 34.7 Å². The van der Waals surface area contributed by atoms with Crippen molar-refractivity contribution in [2.75, 3.05) is 24.6 Å². The van der Waals surface area contributed by atoms with Crippen LogP contribution in [0.15, 0.2) is 6.20 Å². The van der Waals surface area contributed by atoms with Gasteiger partial charge >= 0.3 is 5.00 Å². The lowest BCUT2D eigenvalue weighted by atomic mass is 10.4. The van der Waals surface area contributed by atoms with E-state index in [1.54, 1.807) is 0 Å². The molecular weight excluding hydrogens is 218 g/mol. The topological polar surface area (TPSA) is 79.5 Å². The molecule has 0 bridgehead atoms. The Balaban J connectivity index is 2.76. The summed E-state index contributed by atoms with van der Waals surface area (Å²) >= 11 is 1.03. The van der Waals surface area contributed by atoms with Crippen LogP contribution in [0, 0.1) is 10.1 Å². The molecule has 1 N–H and O–H groups in total. The molecule has 0 spiro atoms. The molecule has 7 heteroatoms. The zero-order valence-corrected chi connectivity index (χ0v) is 9.24. The third kappa shape index (κ3) is 3.14. The molecule has 1 aromatic rings. The highest BCUT2D eigenvalue weighted by molar-refractivity contribution is 7.18. The van der Waals surface area contributed by atoms with Crippen LogP contribution in [0.1, 0.15) is 13.3 Å². The smallest absolute Gasteiger partial charge is 0.345 e. The Morgan fingerprint density at radius 3 is 2.87 bits per heavy atom. The fourth-order valence-electron chi connectivity index (χ4n) is 1.18. The molecule has 1 rings (SSSR count). The summed E-state index contributed by atoms with van der Waals surface area (Å²) in [5, 5.41) is 19.9. The standard InChI is InChI=1S/C8H13N3O3S/c1-2-3-10(4-5-12)8-9-6-7(15-8)11(13)14/h6,12H,2-5H2,1H3. The molecule has 0 aliphatic heterocycles. The highest BCUT2D eigenvalue weighted by atomic mass is 32.1. The van der Waals surface area contributed by atoms with Gasteiger partial charge in [0.2, 0.25) is 0 Å². The van der Waals surface area contributed by atoms with Crippen molar-refractivity contribution in [3.05, 3.63) is 16.3 Å². The second-order valence-electron chi connectivity index (χ2n) is 2.95. The molecule has 84 valence electrons. The van der Waals surface area contributed by atoms with Gasteiger partial charge < -0.3 is 10.0 Å². The number of rotatable bonds is 6. The van der Waals surface area contributed by atoms with Crippen LogP contribution in [0.4, 0.5) is 10.1 Å². The second kappa shape index (κ2) is 5.62. The zero-order chi connectivity index (χ0) is 11.3. The molecule has 0 fully saturated rings. The van der Waals surface area contributed by atoms with Crippen molar-refractivity contribution < 1.29 is 10.0 Å². The Morgan fingerprint density at radius 2 is 2.40 bits per heavy atom. The summed E-state index contributed by atoms with van der Waals surface area (Å²) in [6.07, 6.45) is 2.16. The van der Waals surface area contributed by atoms with E-state index in [2.05, 4.69) is 4.98 Å². The molecule has 0 saturated carbocycles. The van der Waals surface area contributed by atoms with Crippen molar-refractivity contribution in [2.24, 2.45) is 0 Å². The second-order valence-corrected chi connectivity index (χ2v) is 3.94. The van der Waals surface area contributed by atoms with E-state index in [-0.39, 0.29) is 11.6 Å². The number of nitro groups is 1. The first-order chi connectivity index (χ1) is 7.19. The van der Waals surface area contributed by atoms with Crippen molar-refractivity contribution in [1.29, 1.82) is 0 Å². The summed E-state index contributed by atoms with van der Waals surface area (Å²) in [4.78, 5) is 15.8. The summed E-state index contributed by atoms with van der Waals surface area (Å²) in [6.45, 7) is 3.23. The summed E-state index contributed by atoms with van der Waals surface area (Å²) in [7, 11) is 0. The lowest BCUT2D eigenvalue weighted by Gasteiger charge is -2.18. The zero-order valence-electron chi connectivity index (χ0n) is 8.42. The first-order valence-corrected chi connectivity index (χ1v) is 5.46. The molecule has 6 nitrogen and oxygen atoms in total. The van der Waals surface area contributed by atoms with E-state index >= 15 is 0 Å². The molecule has 0 aliphatic carbocycles. The van der Waals surface area contributed by atoms with Crippen LogP contribution in [0.25, 0.3) is 0 Å². The fourth-order valence-corrected chi connectivity index (χ4v) is 1.97. The Labute approximate surface area is 91.3 Å². The monoisotopic (exact) mass is 231 g/mol. The van der Waals surface area contributed by atoms with Crippen LogP contribution in [0.2, 0.25) is 0 Å². The van der Waals surface area contributed by atoms with Gasteiger partial charge in [-0.05, 0) is 17.8 Å². The molecular formula is C8H13N3O3S. The minimum atomic E-state index is -0.454.